The van der Waals surface area contributed by atoms with Gasteiger partial charge in [0.15, 0.2) is 11.2 Å². The molecule has 0 radical (unpaired) electrons. The SMILES string of the molecule is CCCc1nc2c(c(=O)n(CC(N)CC)c(=O)n2CC)n1C. The molecular formula is C15H25N5O2. The number of hydrogen-bond acceptors (Lipinski definition) is 4. The Morgan fingerprint density at radius 3 is 2.41 bits per heavy atom. The predicted octanol–water partition coefficient (Wildman–Crippen LogP) is 0.606. The minimum Gasteiger partial charge on any atom is -0.326 e. The zero-order valence-electron chi connectivity index (χ0n) is 13.8. The van der Waals surface area contributed by atoms with Crippen LogP contribution in [-0.2, 0) is 26.6 Å². The minimum absolute atomic E-state index is 0.212. The Bertz CT molecular complexity index is 784. The number of imidazole rings is 1. The number of nitrogens with zero attached hydrogens (tertiary/aromatic N) is 4. The van der Waals surface area contributed by atoms with E-state index in [2.05, 4.69) is 11.9 Å². The fourth-order valence-electron chi connectivity index (χ4n) is 2.66. The molecule has 7 heteroatoms. The Hall–Kier alpha value is -1.89. The van der Waals surface area contributed by atoms with E-state index in [0.29, 0.717) is 24.1 Å². The van der Waals surface area contributed by atoms with Gasteiger partial charge in [0.25, 0.3) is 5.56 Å². The lowest BCUT2D eigenvalue weighted by molar-refractivity contribution is 0.493. The number of rotatable bonds is 6. The van der Waals surface area contributed by atoms with E-state index in [1.165, 1.54) is 4.57 Å². The first-order valence-corrected chi connectivity index (χ1v) is 7.90. The van der Waals surface area contributed by atoms with Gasteiger partial charge in [0, 0.05) is 32.6 Å². The molecule has 122 valence electrons. The Balaban J connectivity index is 2.81. The van der Waals surface area contributed by atoms with E-state index in [9.17, 15) is 9.59 Å². The van der Waals surface area contributed by atoms with E-state index in [0.717, 1.165) is 18.7 Å². The summed E-state index contributed by atoms with van der Waals surface area (Å²) in [5, 5.41) is 0. The van der Waals surface area contributed by atoms with Crippen LogP contribution in [0.5, 0.6) is 0 Å². The molecule has 2 aromatic rings. The Morgan fingerprint density at radius 2 is 1.86 bits per heavy atom. The Labute approximate surface area is 129 Å². The fraction of sp³-hybridized carbons (Fsp3) is 0.667. The molecule has 22 heavy (non-hydrogen) atoms. The molecule has 2 aromatic heterocycles. The number of aromatic nitrogens is 4. The molecule has 0 bridgehead atoms. The highest BCUT2D eigenvalue weighted by Gasteiger charge is 2.19. The van der Waals surface area contributed by atoms with Crippen molar-refractivity contribution in [1.29, 1.82) is 0 Å². The van der Waals surface area contributed by atoms with Crippen LogP contribution in [0.2, 0.25) is 0 Å². The number of nitrogens with two attached hydrogens (primary N) is 1. The molecule has 1 unspecified atom stereocenters. The second kappa shape index (κ2) is 6.48. The summed E-state index contributed by atoms with van der Waals surface area (Å²) >= 11 is 0. The molecule has 0 saturated carbocycles. The van der Waals surface area contributed by atoms with Crippen LogP contribution in [0.15, 0.2) is 9.59 Å². The molecule has 0 fully saturated rings. The minimum atomic E-state index is -0.329. The largest absolute Gasteiger partial charge is 0.332 e. The number of fused-ring (bicyclic) bond motifs is 1. The van der Waals surface area contributed by atoms with Crippen molar-refractivity contribution < 1.29 is 0 Å². The highest BCUT2D eigenvalue weighted by molar-refractivity contribution is 5.71. The molecule has 0 aliphatic carbocycles. The van der Waals surface area contributed by atoms with E-state index < -0.39 is 0 Å². The van der Waals surface area contributed by atoms with Gasteiger partial charge in [-0.15, -0.1) is 0 Å². The third-order valence-corrected chi connectivity index (χ3v) is 4.07. The summed E-state index contributed by atoms with van der Waals surface area (Å²) in [5.41, 5.74) is 6.27. The average molecular weight is 307 g/mol. The van der Waals surface area contributed by atoms with Crippen molar-refractivity contribution in [3.63, 3.8) is 0 Å². The standard InChI is InChI=1S/C15H25N5O2/c1-5-8-11-17-13-12(18(11)4)14(21)20(9-10(16)6-2)15(22)19(13)7-3/h10H,5-9,16H2,1-4H3. The van der Waals surface area contributed by atoms with Gasteiger partial charge in [-0.1, -0.05) is 13.8 Å². The molecule has 0 aliphatic rings. The van der Waals surface area contributed by atoms with Gasteiger partial charge in [-0.25, -0.2) is 9.78 Å². The zero-order valence-corrected chi connectivity index (χ0v) is 13.8. The van der Waals surface area contributed by atoms with Crippen LogP contribution in [0.1, 0.15) is 39.4 Å². The maximum Gasteiger partial charge on any atom is 0.332 e. The summed E-state index contributed by atoms with van der Waals surface area (Å²) < 4.78 is 4.61. The molecule has 1 atom stereocenters. The molecule has 2 N–H and O–H groups in total. The van der Waals surface area contributed by atoms with Gasteiger partial charge in [-0.05, 0) is 19.8 Å². The maximum absolute atomic E-state index is 12.7. The van der Waals surface area contributed by atoms with E-state index >= 15 is 0 Å². The maximum atomic E-state index is 12.7. The average Bonchev–Trinajstić information content (AvgIpc) is 2.81. The van der Waals surface area contributed by atoms with Crippen molar-refractivity contribution in [2.24, 2.45) is 12.8 Å². The van der Waals surface area contributed by atoms with Gasteiger partial charge in [-0.3, -0.25) is 13.9 Å². The third-order valence-electron chi connectivity index (χ3n) is 4.07. The van der Waals surface area contributed by atoms with Crippen molar-refractivity contribution in [3.05, 3.63) is 26.7 Å². The zero-order chi connectivity index (χ0) is 16.4. The molecule has 0 amide bonds. The van der Waals surface area contributed by atoms with Crippen LogP contribution in [0, 0.1) is 0 Å². The van der Waals surface area contributed by atoms with Crippen LogP contribution in [0.3, 0.4) is 0 Å². The summed E-state index contributed by atoms with van der Waals surface area (Å²) in [6.45, 7) is 6.59. The first-order chi connectivity index (χ1) is 10.5. The molecule has 7 nitrogen and oxygen atoms in total. The van der Waals surface area contributed by atoms with Gasteiger partial charge in [0.2, 0.25) is 0 Å². The quantitative estimate of drug-likeness (QED) is 0.847. The predicted molar refractivity (Wildman–Crippen MR) is 87.2 cm³/mol. The number of hydrogen-bond donors (Lipinski definition) is 1. The van der Waals surface area contributed by atoms with Crippen LogP contribution in [0.25, 0.3) is 11.2 Å². The van der Waals surface area contributed by atoms with Crippen LogP contribution < -0.4 is 17.0 Å². The van der Waals surface area contributed by atoms with Gasteiger partial charge in [0.05, 0.1) is 0 Å². The van der Waals surface area contributed by atoms with E-state index in [1.807, 2.05) is 20.9 Å². The van der Waals surface area contributed by atoms with Crippen LogP contribution >= 0.6 is 0 Å². The molecule has 0 saturated heterocycles. The second-order valence-corrected chi connectivity index (χ2v) is 5.62. The lowest BCUT2D eigenvalue weighted by Crippen LogP contribution is -2.44. The highest BCUT2D eigenvalue weighted by Crippen LogP contribution is 2.11. The van der Waals surface area contributed by atoms with E-state index in [4.69, 9.17) is 5.73 Å². The van der Waals surface area contributed by atoms with Crippen molar-refractivity contribution in [2.45, 2.75) is 59.2 Å². The normalized spacial score (nSPS) is 13.0. The van der Waals surface area contributed by atoms with Crippen LogP contribution in [-0.4, -0.2) is 24.7 Å². The van der Waals surface area contributed by atoms with Crippen molar-refractivity contribution in [1.82, 2.24) is 18.7 Å². The summed E-state index contributed by atoms with van der Waals surface area (Å²) in [6.07, 6.45) is 2.42. The summed E-state index contributed by atoms with van der Waals surface area (Å²) in [4.78, 5) is 29.8. The Morgan fingerprint density at radius 1 is 1.18 bits per heavy atom. The monoisotopic (exact) mass is 307 g/mol. The van der Waals surface area contributed by atoms with Gasteiger partial charge in [-0.2, -0.15) is 0 Å². The third kappa shape index (κ3) is 2.61. The number of aryl methyl sites for hydroxylation is 3. The van der Waals surface area contributed by atoms with Crippen molar-refractivity contribution >= 4 is 11.2 Å². The highest BCUT2D eigenvalue weighted by atomic mass is 16.2. The first kappa shape index (κ1) is 16.5. The van der Waals surface area contributed by atoms with Gasteiger partial charge in [0.1, 0.15) is 5.82 Å². The van der Waals surface area contributed by atoms with Gasteiger partial charge >= 0.3 is 5.69 Å². The molecule has 2 heterocycles. The fourth-order valence-corrected chi connectivity index (χ4v) is 2.66. The smallest absolute Gasteiger partial charge is 0.326 e. The lowest BCUT2D eigenvalue weighted by atomic mass is 10.2. The lowest BCUT2D eigenvalue weighted by Gasteiger charge is -2.13. The summed E-state index contributed by atoms with van der Waals surface area (Å²) in [5.74, 6) is 0.828. The van der Waals surface area contributed by atoms with Gasteiger partial charge < -0.3 is 10.3 Å². The molecule has 0 spiro atoms. The van der Waals surface area contributed by atoms with Crippen LogP contribution in [0.4, 0.5) is 0 Å². The Kier molecular flexibility index (Phi) is 4.85. The summed E-state index contributed by atoms with van der Waals surface area (Å²) in [6, 6.07) is -0.212. The van der Waals surface area contributed by atoms with Crippen molar-refractivity contribution in [3.8, 4) is 0 Å². The first-order valence-electron chi connectivity index (χ1n) is 7.90. The molecular weight excluding hydrogens is 282 g/mol. The molecule has 0 aromatic carbocycles. The molecule has 2 rings (SSSR count). The topological polar surface area (TPSA) is 87.8 Å². The van der Waals surface area contributed by atoms with E-state index in [-0.39, 0.29) is 23.8 Å². The molecule has 0 aliphatic heterocycles. The second-order valence-electron chi connectivity index (χ2n) is 5.62. The summed E-state index contributed by atoms with van der Waals surface area (Å²) in [7, 11) is 1.83. The van der Waals surface area contributed by atoms with Crippen molar-refractivity contribution in [2.75, 3.05) is 0 Å². The van der Waals surface area contributed by atoms with E-state index in [1.54, 1.807) is 9.13 Å².